The zero-order chi connectivity index (χ0) is 15.4. The van der Waals surface area contributed by atoms with Crippen molar-refractivity contribution < 1.29 is 4.74 Å². The van der Waals surface area contributed by atoms with E-state index in [9.17, 15) is 0 Å². The van der Waals surface area contributed by atoms with Crippen molar-refractivity contribution in [2.75, 3.05) is 18.5 Å². The third-order valence-electron chi connectivity index (χ3n) is 3.84. The molecule has 5 heteroatoms. The molecule has 2 atom stereocenters. The van der Waals surface area contributed by atoms with E-state index in [-0.39, 0.29) is 11.8 Å². The van der Waals surface area contributed by atoms with Gasteiger partial charge < -0.3 is 10.1 Å². The molecule has 1 aromatic carbocycles. The summed E-state index contributed by atoms with van der Waals surface area (Å²) in [6.07, 6.45) is 1.11. The Balaban J connectivity index is 1.67. The average molecular weight is 314 g/mol. The van der Waals surface area contributed by atoms with Crippen LogP contribution in [0.5, 0.6) is 0 Å². The van der Waals surface area contributed by atoms with Crippen molar-refractivity contribution >= 4 is 17.4 Å². The van der Waals surface area contributed by atoms with E-state index in [1.807, 2.05) is 24.3 Å². The summed E-state index contributed by atoms with van der Waals surface area (Å²) in [4.78, 5) is 4.20. The number of pyridine rings is 1. The van der Waals surface area contributed by atoms with Crippen LogP contribution in [0.15, 0.2) is 42.5 Å². The number of hydrogen-bond acceptors (Lipinski definition) is 4. The maximum Gasteiger partial charge on any atom is 0.161 e. The summed E-state index contributed by atoms with van der Waals surface area (Å²) >= 11 is 5.89. The molecule has 4 nitrogen and oxygen atoms in total. The number of nitrogens with zero attached hydrogens (tertiary/aromatic N) is 2. The van der Waals surface area contributed by atoms with Gasteiger partial charge in [0.25, 0.3) is 0 Å². The van der Waals surface area contributed by atoms with Crippen molar-refractivity contribution in [1.82, 2.24) is 4.98 Å². The van der Waals surface area contributed by atoms with Gasteiger partial charge in [-0.15, -0.1) is 0 Å². The van der Waals surface area contributed by atoms with E-state index < -0.39 is 0 Å². The van der Waals surface area contributed by atoms with Gasteiger partial charge in [0, 0.05) is 19.1 Å². The second kappa shape index (κ2) is 6.78. The quantitative estimate of drug-likeness (QED) is 0.932. The third kappa shape index (κ3) is 3.22. The molecular formula is C17H16ClN3O. The van der Waals surface area contributed by atoms with E-state index in [1.165, 1.54) is 5.56 Å². The summed E-state index contributed by atoms with van der Waals surface area (Å²) in [6, 6.07) is 15.7. The molecule has 0 aliphatic carbocycles. The maximum atomic E-state index is 8.97. The summed E-state index contributed by atoms with van der Waals surface area (Å²) in [5, 5.41) is 12.6. The predicted molar refractivity (Wildman–Crippen MR) is 85.7 cm³/mol. The van der Waals surface area contributed by atoms with Crippen LogP contribution in [0.2, 0.25) is 5.02 Å². The van der Waals surface area contributed by atoms with Crippen molar-refractivity contribution in [3.05, 3.63) is 58.7 Å². The molecule has 2 unspecified atom stereocenters. The number of aromatic nitrogens is 1. The van der Waals surface area contributed by atoms with Crippen LogP contribution in [0.25, 0.3) is 0 Å². The molecule has 0 spiro atoms. The lowest BCUT2D eigenvalue weighted by atomic mass is 9.95. The molecule has 0 saturated carbocycles. The summed E-state index contributed by atoms with van der Waals surface area (Å²) in [7, 11) is 0. The Morgan fingerprint density at radius 1 is 1.27 bits per heavy atom. The molecular weight excluding hydrogens is 298 g/mol. The first-order chi connectivity index (χ1) is 10.8. The molecule has 0 bridgehead atoms. The number of benzene rings is 1. The first-order valence-corrected chi connectivity index (χ1v) is 7.63. The monoisotopic (exact) mass is 313 g/mol. The Kier molecular flexibility index (Phi) is 4.57. The lowest BCUT2D eigenvalue weighted by Gasteiger charge is -2.19. The molecule has 0 amide bonds. The first-order valence-electron chi connectivity index (χ1n) is 7.25. The highest BCUT2D eigenvalue weighted by atomic mass is 35.5. The Labute approximate surface area is 134 Å². The van der Waals surface area contributed by atoms with Gasteiger partial charge in [-0.05, 0) is 24.1 Å². The number of nitriles is 1. The molecule has 2 aromatic rings. The van der Waals surface area contributed by atoms with Crippen LogP contribution in [0, 0.1) is 17.2 Å². The molecule has 22 heavy (non-hydrogen) atoms. The van der Waals surface area contributed by atoms with E-state index in [0.29, 0.717) is 16.8 Å². The normalized spacial score (nSPS) is 20.5. The molecule has 3 rings (SSSR count). The van der Waals surface area contributed by atoms with Gasteiger partial charge in [0.05, 0.1) is 11.1 Å². The molecule has 1 saturated heterocycles. The van der Waals surface area contributed by atoms with Crippen LogP contribution in [-0.4, -0.2) is 18.1 Å². The van der Waals surface area contributed by atoms with Gasteiger partial charge in [-0.2, -0.15) is 5.26 Å². The summed E-state index contributed by atoms with van der Waals surface area (Å²) in [5.74, 6) is 1.05. The Morgan fingerprint density at radius 2 is 2.09 bits per heavy atom. The first kappa shape index (κ1) is 14.8. The van der Waals surface area contributed by atoms with Crippen molar-refractivity contribution in [2.45, 2.75) is 12.5 Å². The molecule has 1 N–H and O–H groups in total. The smallest absolute Gasteiger partial charge is 0.161 e. The molecule has 1 fully saturated rings. The highest BCUT2D eigenvalue weighted by Gasteiger charge is 2.29. The van der Waals surface area contributed by atoms with Crippen molar-refractivity contribution in [3.63, 3.8) is 0 Å². The van der Waals surface area contributed by atoms with Gasteiger partial charge in [-0.1, -0.05) is 41.9 Å². The fraction of sp³-hybridized carbons (Fsp3) is 0.294. The fourth-order valence-electron chi connectivity index (χ4n) is 2.71. The second-order valence-corrected chi connectivity index (χ2v) is 5.68. The van der Waals surface area contributed by atoms with Crippen molar-refractivity contribution in [2.24, 2.45) is 5.92 Å². The van der Waals surface area contributed by atoms with Gasteiger partial charge in [-0.3, -0.25) is 0 Å². The lowest BCUT2D eigenvalue weighted by Crippen LogP contribution is -2.18. The van der Waals surface area contributed by atoms with E-state index in [2.05, 4.69) is 22.4 Å². The zero-order valence-electron chi connectivity index (χ0n) is 12.0. The van der Waals surface area contributed by atoms with Gasteiger partial charge in [0.2, 0.25) is 0 Å². The van der Waals surface area contributed by atoms with Crippen molar-refractivity contribution in [3.8, 4) is 6.07 Å². The Hall–Kier alpha value is -2.09. The minimum absolute atomic E-state index is 0.108. The van der Waals surface area contributed by atoms with Crippen molar-refractivity contribution in [1.29, 1.82) is 5.26 Å². The van der Waals surface area contributed by atoms with E-state index in [0.717, 1.165) is 19.6 Å². The fourth-order valence-corrected chi connectivity index (χ4v) is 2.86. The SMILES string of the molecule is N#Cc1nc(NCC2CCOC2c2ccccc2)ccc1Cl. The lowest BCUT2D eigenvalue weighted by molar-refractivity contribution is 0.0933. The minimum atomic E-state index is 0.108. The van der Waals surface area contributed by atoms with Gasteiger partial charge in [0.1, 0.15) is 11.9 Å². The predicted octanol–water partition coefficient (Wildman–Crippen LogP) is 3.80. The van der Waals surface area contributed by atoms with E-state index in [4.69, 9.17) is 21.6 Å². The van der Waals surface area contributed by atoms with E-state index in [1.54, 1.807) is 12.1 Å². The third-order valence-corrected chi connectivity index (χ3v) is 4.14. The molecule has 112 valence electrons. The van der Waals surface area contributed by atoms with Crippen LogP contribution in [-0.2, 0) is 4.74 Å². The summed E-state index contributed by atoms with van der Waals surface area (Å²) in [5.41, 5.74) is 1.45. The second-order valence-electron chi connectivity index (χ2n) is 5.27. The largest absolute Gasteiger partial charge is 0.373 e. The van der Waals surface area contributed by atoms with Crippen LogP contribution in [0.4, 0.5) is 5.82 Å². The van der Waals surface area contributed by atoms with Crippen LogP contribution >= 0.6 is 11.6 Å². The standard InChI is InChI=1S/C17H16ClN3O/c18-14-6-7-16(21-15(14)10-19)20-11-13-8-9-22-17(13)12-4-2-1-3-5-12/h1-7,13,17H,8-9,11H2,(H,20,21). The Morgan fingerprint density at radius 3 is 2.86 bits per heavy atom. The maximum absolute atomic E-state index is 8.97. The Bertz CT molecular complexity index is 684. The zero-order valence-corrected chi connectivity index (χ0v) is 12.8. The van der Waals surface area contributed by atoms with Crippen LogP contribution in [0.3, 0.4) is 0 Å². The number of halogens is 1. The molecule has 1 aromatic heterocycles. The molecule has 2 heterocycles. The minimum Gasteiger partial charge on any atom is -0.373 e. The van der Waals surface area contributed by atoms with Crippen LogP contribution in [0.1, 0.15) is 23.8 Å². The number of rotatable bonds is 4. The highest BCUT2D eigenvalue weighted by molar-refractivity contribution is 6.31. The number of hydrogen-bond donors (Lipinski definition) is 1. The summed E-state index contributed by atoms with van der Waals surface area (Å²) < 4.78 is 5.87. The summed E-state index contributed by atoms with van der Waals surface area (Å²) in [6.45, 7) is 1.52. The topological polar surface area (TPSA) is 57.9 Å². The van der Waals surface area contributed by atoms with Gasteiger partial charge in [-0.25, -0.2) is 4.98 Å². The highest BCUT2D eigenvalue weighted by Crippen LogP contribution is 2.34. The number of ether oxygens (including phenoxy) is 1. The van der Waals surface area contributed by atoms with Gasteiger partial charge in [0.15, 0.2) is 5.69 Å². The molecule has 0 radical (unpaired) electrons. The van der Waals surface area contributed by atoms with E-state index >= 15 is 0 Å². The average Bonchev–Trinajstić information content (AvgIpc) is 3.03. The molecule has 1 aliphatic heterocycles. The van der Waals surface area contributed by atoms with Gasteiger partial charge >= 0.3 is 0 Å². The number of anilines is 1. The number of nitrogens with one attached hydrogen (secondary N) is 1. The molecule has 1 aliphatic rings. The van der Waals surface area contributed by atoms with Crippen LogP contribution < -0.4 is 5.32 Å².